The van der Waals surface area contributed by atoms with Crippen molar-refractivity contribution >= 4 is 48.6 Å². The fourth-order valence-electron chi connectivity index (χ4n) is 11.8. The molecule has 11 aromatic rings. The van der Waals surface area contributed by atoms with E-state index in [1.165, 1.54) is 92.5 Å². The molecular weight excluding hydrogens is 939 g/mol. The molecule has 0 saturated heterocycles. The van der Waals surface area contributed by atoms with Gasteiger partial charge in [-0.25, -0.2) is 0 Å². The number of fused-ring (bicyclic) bond motifs is 7. The van der Waals surface area contributed by atoms with Crippen LogP contribution >= 0.6 is 11.3 Å². The third kappa shape index (κ3) is 8.15. The molecule has 3 heteroatoms. The Balaban J connectivity index is 1.16. The third-order valence-corrected chi connectivity index (χ3v) is 17.2. The van der Waals surface area contributed by atoms with Crippen LogP contribution in [0.5, 0.6) is 11.5 Å². The Hall–Kier alpha value is -7.98. The van der Waals surface area contributed by atoms with Gasteiger partial charge in [0.05, 0.1) is 17.1 Å². The van der Waals surface area contributed by atoms with Crippen LogP contribution in [0.15, 0.2) is 212 Å². The topological polar surface area (TPSA) is 12.5 Å². The first kappa shape index (κ1) is 47.7. The molecule has 0 aliphatic carbocycles. The zero-order valence-corrected chi connectivity index (χ0v) is 45.9. The standard InChI is InChI=1S/C73H63NOS/c1-71(2,3)53-33-29-46(30-34-53)52-41-62-68-64(42-52)75-63-36-32-49(51-37-54(72(4,5)6)43-55(38-51)73(7,8)9)39-60(63)67(68)57-35-31-50(45-21-13-10-14-22-45)40-61(57)74(62)69-58(47-23-15-11-16-24-47)44-59-56-27-19-20-28-65(56)76-70(59)66(69)48-25-17-12-18-26-48/h10-44,67H,1-9H3. The first-order valence-corrected chi connectivity index (χ1v) is 27.7. The summed E-state index contributed by atoms with van der Waals surface area (Å²) in [6, 6.07) is 79.9. The molecule has 0 amide bonds. The maximum atomic E-state index is 7.42. The SMILES string of the molecule is CC(C)(C)c1ccc(-c2cc3c4c(c2)N(c2c(-c5ccccc5)cc5c(sc6ccccc65)c2-c2ccccc2)c2cc(-c5ccccc5)ccc2C4c2cc(-c4cc(C(C)(C)C)cc(C(C)(C)C)c4)ccc2O3)cc1. The minimum Gasteiger partial charge on any atom is -0.457 e. The lowest BCUT2D eigenvalue weighted by Gasteiger charge is -2.43. The molecule has 0 bridgehead atoms. The summed E-state index contributed by atoms with van der Waals surface area (Å²) in [6.07, 6.45) is 0. The van der Waals surface area contributed by atoms with Gasteiger partial charge in [-0.2, -0.15) is 0 Å². The van der Waals surface area contributed by atoms with E-state index in [4.69, 9.17) is 4.74 Å². The van der Waals surface area contributed by atoms with E-state index in [9.17, 15) is 0 Å². The second-order valence-corrected chi connectivity index (χ2v) is 25.2. The quantitative estimate of drug-likeness (QED) is 0.165. The van der Waals surface area contributed by atoms with Gasteiger partial charge in [0.1, 0.15) is 11.5 Å². The van der Waals surface area contributed by atoms with E-state index in [0.717, 1.165) is 45.3 Å². The van der Waals surface area contributed by atoms with Gasteiger partial charge in [0.25, 0.3) is 0 Å². The normalized spacial score (nSPS) is 14.1. The van der Waals surface area contributed by atoms with Crippen molar-refractivity contribution in [3.05, 3.63) is 246 Å². The molecule has 2 aliphatic heterocycles. The lowest BCUT2D eigenvalue weighted by atomic mass is 9.75. The van der Waals surface area contributed by atoms with E-state index in [2.05, 4.69) is 280 Å². The van der Waals surface area contributed by atoms with Crippen molar-refractivity contribution in [2.45, 2.75) is 84.5 Å². The highest BCUT2D eigenvalue weighted by molar-refractivity contribution is 7.26. The minimum atomic E-state index is -0.136. The number of anilines is 3. The second-order valence-electron chi connectivity index (χ2n) is 24.2. The highest BCUT2D eigenvalue weighted by Crippen LogP contribution is 2.63. The zero-order valence-electron chi connectivity index (χ0n) is 45.0. The van der Waals surface area contributed by atoms with Gasteiger partial charge in [-0.3, -0.25) is 0 Å². The van der Waals surface area contributed by atoms with Gasteiger partial charge in [-0.05, 0) is 125 Å². The van der Waals surface area contributed by atoms with Gasteiger partial charge in [-0.15, -0.1) is 11.3 Å². The summed E-state index contributed by atoms with van der Waals surface area (Å²) in [5.41, 5.74) is 22.7. The molecule has 2 nitrogen and oxygen atoms in total. The Morgan fingerprint density at radius 3 is 1.58 bits per heavy atom. The lowest BCUT2D eigenvalue weighted by Crippen LogP contribution is -2.26. The molecule has 10 aromatic carbocycles. The number of nitrogens with zero attached hydrogens (tertiary/aromatic N) is 1. The molecule has 1 atom stereocenters. The van der Waals surface area contributed by atoms with Crippen molar-refractivity contribution in [3.8, 4) is 67.1 Å². The van der Waals surface area contributed by atoms with Crippen LogP contribution in [0.4, 0.5) is 17.1 Å². The van der Waals surface area contributed by atoms with Crippen molar-refractivity contribution in [2.24, 2.45) is 0 Å². The van der Waals surface area contributed by atoms with Crippen LogP contribution in [-0.2, 0) is 16.2 Å². The number of hydrogen-bond acceptors (Lipinski definition) is 3. The van der Waals surface area contributed by atoms with Crippen LogP contribution in [0.2, 0.25) is 0 Å². The van der Waals surface area contributed by atoms with Gasteiger partial charge in [0, 0.05) is 48.3 Å². The van der Waals surface area contributed by atoms with Gasteiger partial charge in [0.15, 0.2) is 0 Å². The number of rotatable bonds is 6. The van der Waals surface area contributed by atoms with E-state index in [1.807, 2.05) is 11.3 Å². The molecule has 1 aromatic heterocycles. The van der Waals surface area contributed by atoms with Crippen LogP contribution in [0.25, 0.3) is 75.8 Å². The van der Waals surface area contributed by atoms with Crippen LogP contribution in [0.3, 0.4) is 0 Å². The summed E-state index contributed by atoms with van der Waals surface area (Å²) in [4.78, 5) is 2.64. The van der Waals surface area contributed by atoms with Crippen LogP contribution in [0.1, 0.15) is 102 Å². The number of thiophene rings is 1. The number of hydrogen-bond donors (Lipinski definition) is 0. The number of ether oxygens (including phenoxy) is 1. The Bertz CT molecular complexity index is 4020. The maximum Gasteiger partial charge on any atom is 0.134 e. The van der Waals surface area contributed by atoms with Gasteiger partial charge in [0.2, 0.25) is 0 Å². The van der Waals surface area contributed by atoms with Crippen molar-refractivity contribution < 1.29 is 4.74 Å². The minimum absolute atomic E-state index is 0.0194. The average molecular weight is 1000 g/mol. The Labute approximate surface area is 452 Å². The predicted molar refractivity (Wildman–Crippen MR) is 325 cm³/mol. The Kier molecular flexibility index (Phi) is 11.2. The van der Waals surface area contributed by atoms with Crippen molar-refractivity contribution in [3.63, 3.8) is 0 Å². The van der Waals surface area contributed by atoms with Crippen molar-refractivity contribution in [2.75, 3.05) is 4.90 Å². The summed E-state index contributed by atoms with van der Waals surface area (Å²) in [7, 11) is 0. The van der Waals surface area contributed by atoms with E-state index in [1.54, 1.807) is 0 Å². The predicted octanol–water partition coefficient (Wildman–Crippen LogP) is 21.4. The molecule has 0 saturated carbocycles. The first-order valence-electron chi connectivity index (χ1n) is 26.9. The van der Waals surface area contributed by atoms with E-state index >= 15 is 0 Å². The first-order chi connectivity index (χ1) is 36.6. The zero-order chi connectivity index (χ0) is 52.3. The second kappa shape index (κ2) is 17.8. The van der Waals surface area contributed by atoms with Gasteiger partial charge < -0.3 is 9.64 Å². The summed E-state index contributed by atoms with van der Waals surface area (Å²) in [6.45, 7) is 20.8. The largest absolute Gasteiger partial charge is 0.457 e. The maximum absolute atomic E-state index is 7.42. The lowest BCUT2D eigenvalue weighted by molar-refractivity contribution is 0.453. The molecule has 76 heavy (non-hydrogen) atoms. The summed E-state index contributed by atoms with van der Waals surface area (Å²) in [5, 5.41) is 2.54. The monoisotopic (exact) mass is 1000 g/mol. The summed E-state index contributed by atoms with van der Waals surface area (Å²) < 4.78 is 9.96. The van der Waals surface area contributed by atoms with Gasteiger partial charge in [-0.1, -0.05) is 232 Å². The molecule has 0 radical (unpaired) electrons. The average Bonchev–Trinajstić information content (AvgIpc) is 3.94. The fourth-order valence-corrected chi connectivity index (χ4v) is 13.0. The van der Waals surface area contributed by atoms with Crippen LogP contribution in [-0.4, -0.2) is 0 Å². The molecule has 0 N–H and O–H groups in total. The number of benzene rings is 10. The Morgan fingerprint density at radius 2 is 0.921 bits per heavy atom. The van der Waals surface area contributed by atoms with Crippen molar-refractivity contribution in [1.29, 1.82) is 0 Å². The van der Waals surface area contributed by atoms with Crippen molar-refractivity contribution in [1.82, 2.24) is 0 Å². The van der Waals surface area contributed by atoms with E-state index in [-0.39, 0.29) is 22.2 Å². The molecule has 0 spiro atoms. The molecule has 0 fully saturated rings. The molecule has 372 valence electrons. The smallest absolute Gasteiger partial charge is 0.134 e. The Morgan fingerprint density at radius 1 is 0.382 bits per heavy atom. The fraction of sp³-hybridized carbons (Fsp3) is 0.178. The highest BCUT2D eigenvalue weighted by atomic mass is 32.1. The van der Waals surface area contributed by atoms with Crippen LogP contribution < -0.4 is 9.64 Å². The molecular formula is C73H63NOS. The van der Waals surface area contributed by atoms with Crippen LogP contribution in [0, 0.1) is 0 Å². The third-order valence-electron chi connectivity index (χ3n) is 16.0. The molecule has 3 heterocycles. The van der Waals surface area contributed by atoms with Gasteiger partial charge >= 0.3 is 0 Å². The van der Waals surface area contributed by atoms with E-state index in [0.29, 0.717) is 0 Å². The molecule has 2 aliphatic rings. The highest BCUT2D eigenvalue weighted by Gasteiger charge is 2.42. The molecule has 13 rings (SSSR count). The molecule has 1 unspecified atom stereocenters. The summed E-state index contributed by atoms with van der Waals surface area (Å²) in [5.74, 6) is 1.64. The van der Waals surface area contributed by atoms with E-state index < -0.39 is 0 Å². The summed E-state index contributed by atoms with van der Waals surface area (Å²) >= 11 is 1.89.